The van der Waals surface area contributed by atoms with E-state index in [-0.39, 0.29) is 6.10 Å². The molecule has 17 heavy (non-hydrogen) atoms. The lowest BCUT2D eigenvalue weighted by Gasteiger charge is -2.31. The molecular weight excluding hydrogens is 220 g/mol. The topological polar surface area (TPSA) is 62.7 Å². The molecule has 5 nitrogen and oxygen atoms in total. The van der Waals surface area contributed by atoms with Crippen LogP contribution in [-0.4, -0.2) is 42.4 Å². The van der Waals surface area contributed by atoms with Crippen molar-refractivity contribution in [2.45, 2.75) is 18.9 Å². The molecule has 0 bridgehead atoms. The molecule has 1 aliphatic heterocycles. The van der Waals surface area contributed by atoms with Crippen LogP contribution >= 0.6 is 0 Å². The predicted molar refractivity (Wildman–Crippen MR) is 63.0 cm³/mol. The average Bonchev–Trinajstić information content (AvgIpc) is 2.38. The van der Waals surface area contributed by atoms with Gasteiger partial charge in [0.25, 0.3) is 0 Å². The Kier molecular flexibility index (Phi) is 3.58. The number of esters is 1. The number of β-amino-alcohol motifs (C(OH)–C–C–N with tert-alkyl or cyclic N) is 1. The number of carbonyl (C=O) groups excluding carboxylic acids is 1. The number of piperidine rings is 1. The van der Waals surface area contributed by atoms with Crippen molar-refractivity contribution < 1.29 is 14.6 Å². The fourth-order valence-corrected chi connectivity index (χ4v) is 2.02. The second kappa shape index (κ2) is 5.14. The first-order valence-corrected chi connectivity index (χ1v) is 5.68. The van der Waals surface area contributed by atoms with E-state index in [1.165, 1.54) is 7.11 Å². The minimum atomic E-state index is -0.440. The molecule has 1 aromatic rings. The van der Waals surface area contributed by atoms with Gasteiger partial charge in [-0.25, -0.2) is 9.78 Å². The number of nitrogens with zero attached hydrogens (tertiary/aromatic N) is 2. The van der Waals surface area contributed by atoms with E-state index in [0.717, 1.165) is 25.1 Å². The van der Waals surface area contributed by atoms with E-state index in [9.17, 15) is 9.90 Å². The van der Waals surface area contributed by atoms with E-state index in [1.54, 1.807) is 12.3 Å². The van der Waals surface area contributed by atoms with Gasteiger partial charge in [-0.2, -0.15) is 0 Å². The van der Waals surface area contributed by atoms with Gasteiger partial charge in [0.2, 0.25) is 0 Å². The summed E-state index contributed by atoms with van der Waals surface area (Å²) in [6.07, 6.45) is 3.09. The van der Waals surface area contributed by atoms with Gasteiger partial charge >= 0.3 is 5.97 Å². The lowest BCUT2D eigenvalue weighted by Crippen LogP contribution is -2.38. The molecule has 1 saturated heterocycles. The first-order chi connectivity index (χ1) is 8.20. The highest BCUT2D eigenvalue weighted by molar-refractivity contribution is 5.88. The number of aromatic nitrogens is 1. The van der Waals surface area contributed by atoms with Gasteiger partial charge in [0.15, 0.2) is 0 Å². The van der Waals surface area contributed by atoms with Crippen LogP contribution in [0, 0.1) is 0 Å². The van der Waals surface area contributed by atoms with Crippen molar-refractivity contribution in [2.24, 2.45) is 0 Å². The Morgan fingerprint density at radius 3 is 3.18 bits per heavy atom. The molecule has 92 valence electrons. The van der Waals surface area contributed by atoms with Crippen molar-refractivity contribution in [3.63, 3.8) is 0 Å². The molecule has 1 fully saturated rings. The SMILES string of the molecule is COC(=O)c1cc(N2CCCC(O)C2)ccn1. The van der Waals surface area contributed by atoms with Gasteiger partial charge in [0, 0.05) is 25.0 Å². The fraction of sp³-hybridized carbons (Fsp3) is 0.500. The number of methoxy groups -OCH3 is 1. The van der Waals surface area contributed by atoms with Gasteiger partial charge in [-0.15, -0.1) is 0 Å². The van der Waals surface area contributed by atoms with Crippen LogP contribution in [0.25, 0.3) is 0 Å². The second-order valence-electron chi connectivity index (χ2n) is 4.13. The highest BCUT2D eigenvalue weighted by Gasteiger charge is 2.19. The first-order valence-electron chi connectivity index (χ1n) is 5.68. The summed E-state index contributed by atoms with van der Waals surface area (Å²) in [5, 5.41) is 9.62. The van der Waals surface area contributed by atoms with Crippen LogP contribution in [0.4, 0.5) is 5.69 Å². The third-order valence-electron chi connectivity index (χ3n) is 2.90. The fourth-order valence-electron chi connectivity index (χ4n) is 2.02. The maximum atomic E-state index is 11.4. The summed E-state index contributed by atoms with van der Waals surface area (Å²) in [6.45, 7) is 1.49. The quantitative estimate of drug-likeness (QED) is 0.771. The summed E-state index contributed by atoms with van der Waals surface area (Å²) in [6, 6.07) is 3.54. The predicted octanol–water partition coefficient (Wildman–Crippen LogP) is 0.829. The highest BCUT2D eigenvalue weighted by Crippen LogP contribution is 2.20. The van der Waals surface area contributed by atoms with Crippen molar-refractivity contribution in [3.8, 4) is 0 Å². The largest absolute Gasteiger partial charge is 0.464 e. The molecule has 1 unspecified atom stereocenters. The van der Waals surface area contributed by atoms with Crippen molar-refractivity contribution in [1.82, 2.24) is 4.98 Å². The Hall–Kier alpha value is -1.62. The Balaban J connectivity index is 2.17. The Morgan fingerprint density at radius 2 is 2.47 bits per heavy atom. The van der Waals surface area contributed by atoms with Crippen LogP contribution in [0.3, 0.4) is 0 Å². The minimum absolute atomic E-state index is 0.293. The maximum absolute atomic E-state index is 11.4. The zero-order valence-electron chi connectivity index (χ0n) is 9.80. The number of anilines is 1. The Morgan fingerprint density at radius 1 is 1.65 bits per heavy atom. The van der Waals surface area contributed by atoms with E-state index in [1.807, 2.05) is 6.07 Å². The van der Waals surface area contributed by atoms with Crippen LogP contribution in [-0.2, 0) is 4.74 Å². The Labute approximate surface area is 100 Å². The van der Waals surface area contributed by atoms with E-state index in [0.29, 0.717) is 12.2 Å². The third-order valence-corrected chi connectivity index (χ3v) is 2.90. The van der Waals surface area contributed by atoms with Gasteiger partial charge in [-0.1, -0.05) is 0 Å². The maximum Gasteiger partial charge on any atom is 0.356 e. The standard InChI is InChI=1S/C12H16N2O3/c1-17-12(16)11-7-9(4-5-13-11)14-6-2-3-10(15)8-14/h4-5,7,10,15H,2-3,6,8H2,1H3. The first kappa shape index (κ1) is 11.9. The summed E-state index contributed by atoms with van der Waals surface area (Å²) in [7, 11) is 1.33. The molecule has 1 aliphatic rings. The lowest BCUT2D eigenvalue weighted by atomic mass is 10.1. The second-order valence-corrected chi connectivity index (χ2v) is 4.13. The lowest BCUT2D eigenvalue weighted by molar-refractivity contribution is 0.0594. The molecule has 1 N–H and O–H groups in total. The van der Waals surface area contributed by atoms with Gasteiger partial charge in [0.1, 0.15) is 5.69 Å². The average molecular weight is 236 g/mol. The molecule has 1 atom stereocenters. The molecule has 0 aliphatic carbocycles. The number of pyridine rings is 1. The molecule has 0 saturated carbocycles. The molecule has 0 amide bonds. The van der Waals surface area contributed by atoms with Gasteiger partial charge < -0.3 is 14.7 Å². The van der Waals surface area contributed by atoms with Gasteiger partial charge in [-0.3, -0.25) is 0 Å². The number of aliphatic hydroxyl groups excluding tert-OH is 1. The summed E-state index contributed by atoms with van der Waals surface area (Å²) >= 11 is 0. The van der Waals surface area contributed by atoms with Crippen LogP contribution in [0.5, 0.6) is 0 Å². The third kappa shape index (κ3) is 2.74. The van der Waals surface area contributed by atoms with Gasteiger partial charge in [0.05, 0.1) is 13.2 Å². The van der Waals surface area contributed by atoms with E-state index in [4.69, 9.17) is 0 Å². The van der Waals surface area contributed by atoms with Crippen molar-refractivity contribution >= 4 is 11.7 Å². The molecule has 0 spiro atoms. The zero-order valence-corrected chi connectivity index (χ0v) is 9.80. The molecule has 2 heterocycles. The van der Waals surface area contributed by atoms with Crippen LogP contribution in [0.15, 0.2) is 18.3 Å². The van der Waals surface area contributed by atoms with Crippen molar-refractivity contribution in [1.29, 1.82) is 0 Å². The number of aliphatic hydroxyl groups is 1. The van der Waals surface area contributed by atoms with Crippen molar-refractivity contribution in [3.05, 3.63) is 24.0 Å². The molecular formula is C12H16N2O3. The molecule has 1 aromatic heterocycles. The van der Waals surface area contributed by atoms with E-state index < -0.39 is 5.97 Å². The minimum Gasteiger partial charge on any atom is -0.464 e. The van der Waals surface area contributed by atoms with Crippen LogP contribution < -0.4 is 4.90 Å². The normalized spacial score (nSPS) is 20.1. The van der Waals surface area contributed by atoms with Crippen molar-refractivity contribution in [2.75, 3.05) is 25.1 Å². The summed E-state index contributed by atoms with van der Waals surface area (Å²) in [4.78, 5) is 17.4. The highest BCUT2D eigenvalue weighted by atomic mass is 16.5. The molecule has 5 heteroatoms. The van der Waals surface area contributed by atoms with E-state index in [2.05, 4.69) is 14.6 Å². The number of hydrogen-bond donors (Lipinski definition) is 1. The Bertz CT molecular complexity index is 408. The zero-order chi connectivity index (χ0) is 12.3. The summed E-state index contributed by atoms with van der Waals surface area (Å²) < 4.78 is 4.63. The number of carbonyl (C=O) groups is 1. The smallest absolute Gasteiger partial charge is 0.356 e. The van der Waals surface area contributed by atoms with Gasteiger partial charge in [-0.05, 0) is 25.0 Å². The molecule has 0 radical (unpaired) electrons. The monoisotopic (exact) mass is 236 g/mol. The molecule has 2 rings (SSSR count). The van der Waals surface area contributed by atoms with E-state index >= 15 is 0 Å². The number of ether oxygens (including phenoxy) is 1. The van der Waals surface area contributed by atoms with Crippen LogP contribution in [0.1, 0.15) is 23.3 Å². The molecule has 0 aromatic carbocycles. The number of rotatable bonds is 2. The summed E-state index contributed by atoms with van der Waals surface area (Å²) in [5.74, 6) is -0.440. The number of hydrogen-bond acceptors (Lipinski definition) is 5. The van der Waals surface area contributed by atoms with Crippen LogP contribution in [0.2, 0.25) is 0 Å². The summed E-state index contributed by atoms with van der Waals surface area (Å²) in [5.41, 5.74) is 1.20.